The van der Waals surface area contributed by atoms with E-state index in [2.05, 4.69) is 5.32 Å². The minimum Gasteiger partial charge on any atom is -0.366 e. The number of hydrogen-bond donors (Lipinski definition) is 3. The lowest BCUT2D eigenvalue weighted by Crippen LogP contribution is -2.38. The van der Waals surface area contributed by atoms with Crippen molar-refractivity contribution in [2.75, 3.05) is 6.54 Å². The maximum absolute atomic E-state index is 12.2. The Balaban J connectivity index is 0.00000264. The SMILES string of the molecule is Cl.NCC1(CC(=O)NCc2ccc(C(N)=O)cc2)CCCCC1. The van der Waals surface area contributed by atoms with Crippen LogP contribution in [0.25, 0.3) is 0 Å². The number of rotatable bonds is 6. The lowest BCUT2D eigenvalue weighted by molar-refractivity contribution is -0.124. The summed E-state index contributed by atoms with van der Waals surface area (Å²) in [5.74, 6) is -0.399. The summed E-state index contributed by atoms with van der Waals surface area (Å²) in [5.41, 5.74) is 12.5. The van der Waals surface area contributed by atoms with Crippen LogP contribution in [-0.4, -0.2) is 18.4 Å². The number of halogens is 1. The number of amides is 2. The van der Waals surface area contributed by atoms with E-state index >= 15 is 0 Å². The van der Waals surface area contributed by atoms with Crippen molar-refractivity contribution < 1.29 is 9.59 Å². The molecule has 5 N–H and O–H groups in total. The van der Waals surface area contributed by atoms with E-state index in [-0.39, 0.29) is 23.7 Å². The Morgan fingerprint density at radius 2 is 1.70 bits per heavy atom. The summed E-state index contributed by atoms with van der Waals surface area (Å²) in [6.07, 6.45) is 6.17. The first-order valence-corrected chi connectivity index (χ1v) is 7.90. The molecular formula is C17H26ClN3O2. The zero-order valence-corrected chi connectivity index (χ0v) is 14.2. The molecule has 2 rings (SSSR count). The predicted octanol–water partition coefficient (Wildman–Crippen LogP) is 2.12. The van der Waals surface area contributed by atoms with Crippen LogP contribution in [0.5, 0.6) is 0 Å². The third-order valence-electron chi connectivity index (χ3n) is 4.61. The number of benzene rings is 1. The molecule has 1 saturated carbocycles. The van der Waals surface area contributed by atoms with Gasteiger partial charge in [0.2, 0.25) is 11.8 Å². The van der Waals surface area contributed by atoms with Crippen LogP contribution in [0.2, 0.25) is 0 Å². The van der Waals surface area contributed by atoms with Gasteiger partial charge >= 0.3 is 0 Å². The van der Waals surface area contributed by atoms with E-state index < -0.39 is 5.91 Å². The molecule has 1 aromatic carbocycles. The van der Waals surface area contributed by atoms with Crippen molar-refractivity contribution in [3.63, 3.8) is 0 Å². The molecule has 1 aliphatic rings. The average Bonchev–Trinajstić information content (AvgIpc) is 2.54. The molecule has 6 heteroatoms. The first kappa shape index (κ1) is 19.5. The molecule has 5 nitrogen and oxygen atoms in total. The molecule has 1 aliphatic carbocycles. The summed E-state index contributed by atoms with van der Waals surface area (Å²) in [4.78, 5) is 23.2. The summed E-state index contributed by atoms with van der Waals surface area (Å²) in [7, 11) is 0. The highest BCUT2D eigenvalue weighted by molar-refractivity contribution is 5.92. The van der Waals surface area contributed by atoms with Crippen molar-refractivity contribution in [3.05, 3.63) is 35.4 Å². The normalized spacial score (nSPS) is 16.2. The Morgan fingerprint density at radius 1 is 1.09 bits per heavy atom. The molecule has 0 aliphatic heterocycles. The lowest BCUT2D eigenvalue weighted by atomic mass is 9.71. The van der Waals surface area contributed by atoms with Crippen LogP contribution >= 0.6 is 12.4 Å². The van der Waals surface area contributed by atoms with Gasteiger partial charge in [0, 0.05) is 18.5 Å². The zero-order valence-electron chi connectivity index (χ0n) is 13.3. The van der Waals surface area contributed by atoms with Gasteiger partial charge in [-0.05, 0) is 42.5 Å². The molecule has 0 bridgehead atoms. The van der Waals surface area contributed by atoms with Gasteiger partial charge in [0.1, 0.15) is 0 Å². The lowest BCUT2D eigenvalue weighted by Gasteiger charge is -2.35. The number of nitrogens with one attached hydrogen (secondary N) is 1. The van der Waals surface area contributed by atoms with Crippen LogP contribution in [0.3, 0.4) is 0 Å². The predicted molar refractivity (Wildman–Crippen MR) is 93.2 cm³/mol. The Bertz CT molecular complexity index is 525. The van der Waals surface area contributed by atoms with E-state index in [0.29, 0.717) is 25.1 Å². The fourth-order valence-electron chi connectivity index (χ4n) is 3.15. The number of carbonyl (C=O) groups excluding carboxylic acids is 2. The molecule has 0 aromatic heterocycles. The quantitative estimate of drug-likeness (QED) is 0.740. The van der Waals surface area contributed by atoms with Crippen molar-refractivity contribution in [2.45, 2.75) is 45.1 Å². The van der Waals surface area contributed by atoms with Gasteiger partial charge in [0.25, 0.3) is 0 Å². The van der Waals surface area contributed by atoms with E-state index in [0.717, 1.165) is 18.4 Å². The molecule has 0 heterocycles. The minimum atomic E-state index is -0.447. The summed E-state index contributed by atoms with van der Waals surface area (Å²) in [5, 5.41) is 2.94. The largest absolute Gasteiger partial charge is 0.366 e. The monoisotopic (exact) mass is 339 g/mol. The number of primary amides is 1. The molecular weight excluding hydrogens is 314 g/mol. The van der Waals surface area contributed by atoms with Crippen LogP contribution in [0.1, 0.15) is 54.4 Å². The first-order chi connectivity index (χ1) is 10.5. The maximum Gasteiger partial charge on any atom is 0.248 e. The van der Waals surface area contributed by atoms with Crippen molar-refractivity contribution >= 4 is 24.2 Å². The second-order valence-corrected chi connectivity index (χ2v) is 6.28. The van der Waals surface area contributed by atoms with Crippen molar-refractivity contribution in [1.29, 1.82) is 0 Å². The highest BCUT2D eigenvalue weighted by atomic mass is 35.5. The molecule has 1 aromatic rings. The Kier molecular flexibility index (Phi) is 7.52. The van der Waals surface area contributed by atoms with Gasteiger partial charge in [0.05, 0.1) is 0 Å². The highest BCUT2D eigenvalue weighted by Crippen LogP contribution is 2.38. The molecule has 0 atom stereocenters. The number of hydrogen-bond acceptors (Lipinski definition) is 3. The Labute approximate surface area is 143 Å². The maximum atomic E-state index is 12.2. The molecule has 0 spiro atoms. The molecule has 2 amide bonds. The highest BCUT2D eigenvalue weighted by Gasteiger charge is 2.32. The summed E-state index contributed by atoms with van der Waals surface area (Å²) in [6.45, 7) is 1.03. The molecule has 1 fully saturated rings. The van der Waals surface area contributed by atoms with Crippen LogP contribution in [-0.2, 0) is 11.3 Å². The van der Waals surface area contributed by atoms with Gasteiger partial charge in [-0.2, -0.15) is 0 Å². The summed E-state index contributed by atoms with van der Waals surface area (Å²) < 4.78 is 0. The van der Waals surface area contributed by atoms with Gasteiger partial charge in [-0.1, -0.05) is 31.4 Å². The van der Waals surface area contributed by atoms with E-state index in [9.17, 15) is 9.59 Å². The summed E-state index contributed by atoms with van der Waals surface area (Å²) in [6, 6.07) is 6.96. The van der Waals surface area contributed by atoms with Crippen molar-refractivity contribution in [2.24, 2.45) is 16.9 Å². The zero-order chi connectivity index (χ0) is 16.0. The van der Waals surface area contributed by atoms with Crippen molar-refractivity contribution in [1.82, 2.24) is 5.32 Å². The van der Waals surface area contributed by atoms with Crippen LogP contribution in [0.15, 0.2) is 24.3 Å². The minimum absolute atomic E-state index is 0. The van der Waals surface area contributed by atoms with E-state index in [4.69, 9.17) is 11.5 Å². The van der Waals surface area contributed by atoms with Crippen molar-refractivity contribution in [3.8, 4) is 0 Å². The molecule has 0 radical (unpaired) electrons. The van der Waals surface area contributed by atoms with Gasteiger partial charge in [0.15, 0.2) is 0 Å². The van der Waals surface area contributed by atoms with Crippen LogP contribution < -0.4 is 16.8 Å². The fraction of sp³-hybridized carbons (Fsp3) is 0.529. The van der Waals surface area contributed by atoms with Crippen LogP contribution in [0.4, 0.5) is 0 Å². The Morgan fingerprint density at radius 3 is 2.22 bits per heavy atom. The smallest absolute Gasteiger partial charge is 0.248 e. The Hall–Kier alpha value is -1.59. The fourth-order valence-corrected chi connectivity index (χ4v) is 3.15. The van der Waals surface area contributed by atoms with Gasteiger partial charge in [-0.25, -0.2) is 0 Å². The molecule has 128 valence electrons. The first-order valence-electron chi connectivity index (χ1n) is 7.90. The third-order valence-corrected chi connectivity index (χ3v) is 4.61. The second-order valence-electron chi connectivity index (χ2n) is 6.28. The standard InChI is InChI=1S/C17H25N3O2.ClH/c18-12-17(8-2-1-3-9-17)10-15(21)20-11-13-4-6-14(7-5-13)16(19)22;/h4-7H,1-3,8-12,18H2,(H2,19,22)(H,20,21);1H. The average molecular weight is 340 g/mol. The van der Waals surface area contributed by atoms with Gasteiger partial charge < -0.3 is 16.8 Å². The van der Waals surface area contributed by atoms with Gasteiger partial charge in [-0.15, -0.1) is 12.4 Å². The molecule has 0 saturated heterocycles. The second kappa shape index (κ2) is 8.89. The van der Waals surface area contributed by atoms with E-state index in [1.54, 1.807) is 24.3 Å². The molecule has 23 heavy (non-hydrogen) atoms. The van der Waals surface area contributed by atoms with Crippen LogP contribution in [0, 0.1) is 5.41 Å². The van der Waals surface area contributed by atoms with Gasteiger partial charge in [-0.3, -0.25) is 9.59 Å². The topological polar surface area (TPSA) is 98.2 Å². The third kappa shape index (κ3) is 5.52. The molecule has 0 unspecified atom stereocenters. The number of carbonyl (C=O) groups is 2. The van der Waals surface area contributed by atoms with E-state index in [1.165, 1.54) is 19.3 Å². The van der Waals surface area contributed by atoms with E-state index in [1.807, 2.05) is 0 Å². The number of nitrogens with two attached hydrogens (primary N) is 2. The summed E-state index contributed by atoms with van der Waals surface area (Å²) >= 11 is 0.